The highest BCUT2D eigenvalue weighted by Crippen LogP contribution is 2.49. The van der Waals surface area contributed by atoms with Crippen molar-refractivity contribution in [3.8, 4) is 55.6 Å². The Morgan fingerprint density at radius 1 is 0.155 bits per heavy atom. The van der Waals surface area contributed by atoms with Crippen molar-refractivity contribution < 1.29 is 8.83 Å². The molecule has 0 aliphatic rings. The summed E-state index contributed by atoms with van der Waals surface area (Å²) in [6.45, 7) is 0. The van der Waals surface area contributed by atoms with Crippen LogP contribution in [0.4, 0.5) is 0 Å². The van der Waals surface area contributed by atoms with Gasteiger partial charge in [0.2, 0.25) is 0 Å². The van der Waals surface area contributed by atoms with E-state index in [1.807, 2.05) is 0 Å². The minimum Gasteiger partial charge on any atom is -0.456 e. The average Bonchev–Trinajstić information content (AvgIpc) is 2.76. The van der Waals surface area contributed by atoms with E-state index in [9.17, 15) is 0 Å². The third kappa shape index (κ3) is 7.73. The average molecular weight is 1070 g/mol. The third-order valence-electron chi connectivity index (χ3n) is 17.4. The van der Waals surface area contributed by atoms with Crippen LogP contribution >= 0.6 is 0 Å². The van der Waals surface area contributed by atoms with Crippen LogP contribution in [0.25, 0.3) is 175 Å². The van der Waals surface area contributed by atoms with E-state index < -0.39 is 0 Å². The molecule has 16 aromatic carbocycles. The van der Waals surface area contributed by atoms with Gasteiger partial charge < -0.3 is 8.83 Å². The summed E-state index contributed by atoms with van der Waals surface area (Å²) in [4.78, 5) is 0. The summed E-state index contributed by atoms with van der Waals surface area (Å²) in [6.07, 6.45) is 0. The second-order valence-corrected chi connectivity index (χ2v) is 22.2. The quantitative estimate of drug-likeness (QED) is 0.161. The Morgan fingerprint density at radius 3 is 0.905 bits per heavy atom. The zero-order valence-electron chi connectivity index (χ0n) is 45.7. The molecule has 2 nitrogen and oxygen atoms in total. The second-order valence-electron chi connectivity index (χ2n) is 22.2. The predicted octanol–water partition coefficient (Wildman–Crippen LogP) is 23.6. The van der Waals surface area contributed by atoms with Gasteiger partial charge in [-0.3, -0.25) is 0 Å². The molecule has 0 N–H and O–H groups in total. The van der Waals surface area contributed by atoms with E-state index in [0.717, 1.165) is 43.9 Å². The number of hydrogen-bond donors (Lipinski definition) is 0. The van der Waals surface area contributed by atoms with Crippen LogP contribution in [0.15, 0.2) is 312 Å². The molecule has 0 amide bonds. The smallest absolute Gasteiger partial charge is 0.136 e. The fourth-order valence-corrected chi connectivity index (χ4v) is 13.6. The van der Waals surface area contributed by atoms with Crippen LogP contribution in [0.3, 0.4) is 0 Å². The van der Waals surface area contributed by atoms with Crippen LogP contribution in [-0.2, 0) is 0 Å². The van der Waals surface area contributed by atoms with Crippen LogP contribution < -0.4 is 0 Å². The van der Waals surface area contributed by atoms with Crippen LogP contribution in [0.1, 0.15) is 0 Å². The maximum Gasteiger partial charge on any atom is 0.136 e. The summed E-state index contributed by atoms with van der Waals surface area (Å²) in [5.74, 6) is 0. The van der Waals surface area contributed by atoms with Gasteiger partial charge in [0, 0.05) is 21.5 Å². The van der Waals surface area contributed by atoms with Gasteiger partial charge in [-0.25, -0.2) is 0 Å². The standard InChI is InChI=1S/C42H26O.C40H24O/c1-2-12-27(13-3-1)31-16-6-7-17-32(31)42-35-20-10-8-18-33(35)41(34-19-9-11-21-36(34)42)30-22-23-39-37(25-30)38-24-28-14-4-5-15-29(28)26-40(38)43-39;1-2-10-26-21-29(18-17-25(26)9-1)39-31-13-5-7-15-33(31)40(34-16-8-6-14-32(34)39)30-19-20-37-35(23-30)36-22-27-11-3-4-12-28(27)24-38(36)41-37/h1-26H;1-24H. The molecule has 0 saturated heterocycles. The van der Waals surface area contributed by atoms with Crippen LogP contribution in [0.2, 0.25) is 0 Å². The van der Waals surface area contributed by atoms with Crippen molar-refractivity contribution in [2.75, 3.05) is 0 Å². The van der Waals surface area contributed by atoms with Crippen molar-refractivity contribution in [2.45, 2.75) is 0 Å². The first-order chi connectivity index (χ1) is 41.6. The highest BCUT2D eigenvalue weighted by Gasteiger charge is 2.22. The zero-order valence-corrected chi connectivity index (χ0v) is 45.7. The molecule has 0 spiro atoms. The topological polar surface area (TPSA) is 26.3 Å². The molecule has 0 aliphatic carbocycles. The van der Waals surface area contributed by atoms with Gasteiger partial charge in [-0.1, -0.05) is 249 Å². The van der Waals surface area contributed by atoms with E-state index in [1.165, 1.54) is 131 Å². The minimum absolute atomic E-state index is 0.913. The van der Waals surface area contributed by atoms with Gasteiger partial charge in [0.1, 0.15) is 22.3 Å². The van der Waals surface area contributed by atoms with Crippen molar-refractivity contribution in [3.63, 3.8) is 0 Å². The third-order valence-corrected chi connectivity index (χ3v) is 17.4. The summed E-state index contributed by atoms with van der Waals surface area (Å²) in [6, 6.07) is 110. The lowest BCUT2D eigenvalue weighted by molar-refractivity contribution is 0.669. The molecule has 0 saturated carbocycles. The highest BCUT2D eigenvalue weighted by atomic mass is 16.3. The van der Waals surface area contributed by atoms with E-state index in [2.05, 4.69) is 303 Å². The van der Waals surface area contributed by atoms with Crippen LogP contribution in [0.5, 0.6) is 0 Å². The zero-order chi connectivity index (χ0) is 55.2. The summed E-state index contributed by atoms with van der Waals surface area (Å²) < 4.78 is 12.7. The van der Waals surface area contributed by atoms with Crippen molar-refractivity contribution in [2.24, 2.45) is 0 Å². The fraction of sp³-hybridized carbons (Fsp3) is 0. The Hall–Kier alpha value is -11.1. The molecule has 0 unspecified atom stereocenters. The van der Waals surface area contributed by atoms with Gasteiger partial charge in [0.05, 0.1) is 0 Å². The highest BCUT2D eigenvalue weighted by molar-refractivity contribution is 6.25. The van der Waals surface area contributed by atoms with E-state index in [4.69, 9.17) is 8.83 Å². The summed E-state index contributed by atoms with van der Waals surface area (Å²) in [5, 5.41) is 22.0. The molecule has 18 rings (SSSR count). The van der Waals surface area contributed by atoms with Gasteiger partial charge >= 0.3 is 0 Å². The Bertz CT molecular complexity index is 5570. The molecule has 2 heterocycles. The van der Waals surface area contributed by atoms with E-state index in [0.29, 0.717) is 0 Å². The molecule has 0 radical (unpaired) electrons. The van der Waals surface area contributed by atoms with Gasteiger partial charge in [0.15, 0.2) is 0 Å². The molecule has 84 heavy (non-hydrogen) atoms. The molecule has 0 aliphatic heterocycles. The first-order valence-electron chi connectivity index (χ1n) is 28.9. The van der Waals surface area contributed by atoms with Gasteiger partial charge in [-0.2, -0.15) is 0 Å². The first-order valence-corrected chi connectivity index (χ1v) is 28.9. The normalized spacial score (nSPS) is 11.8. The Balaban J connectivity index is 0.000000132. The van der Waals surface area contributed by atoms with E-state index >= 15 is 0 Å². The van der Waals surface area contributed by atoms with E-state index in [-0.39, 0.29) is 0 Å². The largest absolute Gasteiger partial charge is 0.456 e. The Kier molecular flexibility index (Phi) is 11.0. The maximum absolute atomic E-state index is 6.36. The SMILES string of the molecule is c1ccc(-c2ccccc2-c2c3ccccc3c(-c3ccc4oc5cc6ccccc6cc5c4c3)c3ccccc23)cc1.c1ccc2cc(-c3c4ccccc4c(-c4ccc5oc6cc7ccccc7cc6c5c4)c4ccccc34)ccc2c1. The number of furan rings is 2. The van der Waals surface area contributed by atoms with Crippen molar-refractivity contribution >= 4 is 119 Å². The maximum atomic E-state index is 6.36. The lowest BCUT2D eigenvalue weighted by Gasteiger charge is -2.19. The Labute approximate surface area is 484 Å². The van der Waals surface area contributed by atoms with Gasteiger partial charge in [-0.15, -0.1) is 0 Å². The molecular formula is C82H50O2. The van der Waals surface area contributed by atoms with Crippen LogP contribution in [0, 0.1) is 0 Å². The molecule has 2 heteroatoms. The van der Waals surface area contributed by atoms with Crippen molar-refractivity contribution in [1.82, 2.24) is 0 Å². The molecule has 390 valence electrons. The summed E-state index contributed by atoms with van der Waals surface area (Å²) in [7, 11) is 0. The number of hydrogen-bond acceptors (Lipinski definition) is 2. The van der Waals surface area contributed by atoms with Crippen molar-refractivity contribution in [1.29, 1.82) is 0 Å². The Morgan fingerprint density at radius 2 is 0.464 bits per heavy atom. The fourth-order valence-electron chi connectivity index (χ4n) is 13.6. The summed E-state index contributed by atoms with van der Waals surface area (Å²) >= 11 is 0. The van der Waals surface area contributed by atoms with Crippen LogP contribution in [-0.4, -0.2) is 0 Å². The second kappa shape index (κ2) is 19.3. The van der Waals surface area contributed by atoms with E-state index in [1.54, 1.807) is 0 Å². The lowest BCUT2D eigenvalue weighted by Crippen LogP contribution is -1.92. The molecule has 2 aromatic heterocycles. The molecular weight excluding hydrogens is 1020 g/mol. The molecule has 0 atom stereocenters. The molecule has 0 bridgehead atoms. The minimum atomic E-state index is 0.913. The lowest BCUT2D eigenvalue weighted by atomic mass is 9.83. The number of rotatable bonds is 5. The molecule has 0 fully saturated rings. The van der Waals surface area contributed by atoms with Crippen molar-refractivity contribution in [3.05, 3.63) is 303 Å². The number of benzene rings is 16. The van der Waals surface area contributed by atoms with Gasteiger partial charge in [-0.05, 0) is 186 Å². The predicted molar refractivity (Wildman–Crippen MR) is 357 cm³/mol. The summed E-state index contributed by atoms with van der Waals surface area (Å²) in [5.41, 5.74) is 16.1. The molecule has 18 aromatic rings. The number of fused-ring (bicyclic) bond motifs is 13. The first kappa shape index (κ1) is 47.7. The monoisotopic (exact) mass is 1070 g/mol. The van der Waals surface area contributed by atoms with Gasteiger partial charge in [0.25, 0.3) is 0 Å².